The molecule has 102 valence electrons. The third-order valence-electron chi connectivity index (χ3n) is 2.63. The molecule has 0 atom stereocenters. The van der Waals surface area contributed by atoms with Crippen LogP contribution in [0, 0.1) is 6.92 Å². The number of piperidine rings is 1. The van der Waals surface area contributed by atoms with E-state index in [1.54, 1.807) is 0 Å². The Kier molecular flexibility index (Phi) is 6.43. The van der Waals surface area contributed by atoms with Crippen LogP contribution in [0.1, 0.15) is 32.4 Å². The van der Waals surface area contributed by atoms with Gasteiger partial charge in [-0.25, -0.2) is 4.98 Å². The minimum Gasteiger partial charge on any atom is -0.474 e. The molecule has 2 rings (SSSR count). The van der Waals surface area contributed by atoms with Gasteiger partial charge in [-0.1, -0.05) is 13.8 Å². The maximum atomic E-state index is 5.85. The molecule has 0 saturated carbocycles. The Morgan fingerprint density at radius 3 is 2.56 bits per heavy atom. The van der Waals surface area contributed by atoms with E-state index in [1.807, 2.05) is 33.9 Å². The van der Waals surface area contributed by atoms with Gasteiger partial charge < -0.3 is 15.4 Å². The molecule has 0 spiro atoms. The summed E-state index contributed by atoms with van der Waals surface area (Å²) in [7, 11) is 1.81. The molecule has 5 heteroatoms. The third kappa shape index (κ3) is 4.49. The first-order valence-electron chi connectivity index (χ1n) is 6.69. The molecule has 0 unspecified atom stereocenters. The van der Waals surface area contributed by atoms with Gasteiger partial charge in [-0.2, -0.15) is 4.98 Å². The SMILES string of the molecule is CC.CNc1nc(C)cc(OC2CCNCC2)n1. The topological polar surface area (TPSA) is 59.1 Å². The van der Waals surface area contributed by atoms with Crippen molar-refractivity contribution in [1.82, 2.24) is 15.3 Å². The zero-order chi connectivity index (χ0) is 13.4. The van der Waals surface area contributed by atoms with E-state index in [0.29, 0.717) is 11.8 Å². The molecule has 1 saturated heterocycles. The molecule has 0 amide bonds. The molecule has 2 N–H and O–H groups in total. The van der Waals surface area contributed by atoms with Crippen molar-refractivity contribution in [3.63, 3.8) is 0 Å². The second kappa shape index (κ2) is 7.87. The van der Waals surface area contributed by atoms with E-state index in [2.05, 4.69) is 20.6 Å². The summed E-state index contributed by atoms with van der Waals surface area (Å²) in [6.45, 7) is 7.99. The molecule has 1 aromatic rings. The van der Waals surface area contributed by atoms with Crippen LogP contribution < -0.4 is 15.4 Å². The van der Waals surface area contributed by atoms with Crippen molar-refractivity contribution in [2.24, 2.45) is 0 Å². The molecule has 0 bridgehead atoms. The lowest BCUT2D eigenvalue weighted by atomic mass is 10.1. The highest BCUT2D eigenvalue weighted by molar-refractivity contribution is 5.29. The summed E-state index contributed by atoms with van der Waals surface area (Å²) in [5.41, 5.74) is 0.920. The number of rotatable bonds is 3. The van der Waals surface area contributed by atoms with Gasteiger partial charge in [-0.3, -0.25) is 0 Å². The summed E-state index contributed by atoms with van der Waals surface area (Å²) in [5.74, 6) is 1.28. The second-order valence-corrected chi connectivity index (χ2v) is 3.99. The molecule has 0 radical (unpaired) electrons. The number of aromatic nitrogens is 2. The first kappa shape index (κ1) is 14.7. The summed E-state index contributed by atoms with van der Waals surface area (Å²) in [4.78, 5) is 8.51. The molecule has 1 aliphatic heterocycles. The Labute approximate surface area is 109 Å². The normalized spacial score (nSPS) is 15.6. The smallest absolute Gasteiger partial charge is 0.225 e. The number of ether oxygens (including phenoxy) is 1. The molecular formula is C13H24N4O. The Balaban J connectivity index is 0.000000771. The predicted octanol–water partition coefficient (Wildman–Crippen LogP) is 1.98. The van der Waals surface area contributed by atoms with Crippen molar-refractivity contribution >= 4 is 5.95 Å². The number of nitrogens with one attached hydrogen (secondary N) is 2. The van der Waals surface area contributed by atoms with Crippen LogP contribution in [0.15, 0.2) is 6.07 Å². The Morgan fingerprint density at radius 1 is 1.28 bits per heavy atom. The minimum atomic E-state index is 0.278. The van der Waals surface area contributed by atoms with E-state index in [0.717, 1.165) is 31.6 Å². The van der Waals surface area contributed by atoms with E-state index < -0.39 is 0 Å². The van der Waals surface area contributed by atoms with Gasteiger partial charge in [0.25, 0.3) is 0 Å². The standard InChI is InChI=1S/C11H18N4O.C2H6/c1-8-7-10(15-11(12-2)14-8)16-9-3-5-13-6-4-9;1-2/h7,9,13H,3-6H2,1-2H3,(H,12,14,15);1-2H3. The van der Waals surface area contributed by atoms with Gasteiger partial charge in [0.1, 0.15) is 6.10 Å². The number of hydrogen-bond donors (Lipinski definition) is 2. The lowest BCUT2D eigenvalue weighted by Gasteiger charge is -2.23. The molecule has 18 heavy (non-hydrogen) atoms. The second-order valence-electron chi connectivity index (χ2n) is 3.99. The van der Waals surface area contributed by atoms with Gasteiger partial charge in [0, 0.05) is 18.8 Å². The quantitative estimate of drug-likeness (QED) is 0.861. The lowest BCUT2D eigenvalue weighted by molar-refractivity contribution is 0.156. The summed E-state index contributed by atoms with van der Waals surface area (Å²) < 4.78 is 5.85. The molecular weight excluding hydrogens is 228 g/mol. The predicted molar refractivity (Wildman–Crippen MR) is 74.2 cm³/mol. The van der Waals surface area contributed by atoms with Crippen molar-refractivity contribution in [3.8, 4) is 5.88 Å². The average molecular weight is 252 g/mol. The summed E-state index contributed by atoms with van der Waals surface area (Å²) in [6, 6.07) is 1.88. The Morgan fingerprint density at radius 2 is 1.94 bits per heavy atom. The van der Waals surface area contributed by atoms with E-state index in [-0.39, 0.29) is 6.10 Å². The van der Waals surface area contributed by atoms with Gasteiger partial charge >= 0.3 is 0 Å². The van der Waals surface area contributed by atoms with E-state index in [4.69, 9.17) is 4.74 Å². The van der Waals surface area contributed by atoms with E-state index >= 15 is 0 Å². The zero-order valence-corrected chi connectivity index (χ0v) is 11.8. The Bertz CT molecular complexity index is 351. The number of hydrogen-bond acceptors (Lipinski definition) is 5. The zero-order valence-electron chi connectivity index (χ0n) is 11.8. The summed E-state index contributed by atoms with van der Waals surface area (Å²) in [6.07, 6.45) is 2.36. The van der Waals surface area contributed by atoms with Crippen molar-refractivity contribution in [2.75, 3.05) is 25.5 Å². The van der Waals surface area contributed by atoms with Crippen LogP contribution in [0.2, 0.25) is 0 Å². The molecule has 2 heterocycles. The van der Waals surface area contributed by atoms with Crippen LogP contribution in [0.4, 0.5) is 5.95 Å². The molecule has 1 fully saturated rings. The molecule has 1 aliphatic rings. The summed E-state index contributed by atoms with van der Waals surface area (Å²) in [5, 5.41) is 6.24. The largest absolute Gasteiger partial charge is 0.474 e. The minimum absolute atomic E-state index is 0.278. The fourth-order valence-electron chi connectivity index (χ4n) is 1.80. The number of aryl methyl sites for hydroxylation is 1. The maximum absolute atomic E-state index is 5.85. The molecule has 0 aromatic carbocycles. The fourth-order valence-corrected chi connectivity index (χ4v) is 1.80. The lowest BCUT2D eigenvalue weighted by Crippen LogP contribution is -2.34. The first-order chi connectivity index (χ1) is 8.78. The van der Waals surface area contributed by atoms with E-state index in [1.165, 1.54) is 0 Å². The van der Waals surface area contributed by atoms with Crippen molar-refractivity contribution < 1.29 is 4.74 Å². The number of nitrogens with zero attached hydrogens (tertiary/aromatic N) is 2. The van der Waals surface area contributed by atoms with Gasteiger partial charge in [0.15, 0.2) is 0 Å². The third-order valence-corrected chi connectivity index (χ3v) is 2.63. The highest BCUT2D eigenvalue weighted by Crippen LogP contribution is 2.16. The fraction of sp³-hybridized carbons (Fsp3) is 0.692. The Hall–Kier alpha value is -1.36. The van der Waals surface area contributed by atoms with Crippen LogP contribution in [0.25, 0.3) is 0 Å². The van der Waals surface area contributed by atoms with Crippen molar-refractivity contribution in [3.05, 3.63) is 11.8 Å². The maximum Gasteiger partial charge on any atom is 0.225 e. The molecule has 5 nitrogen and oxygen atoms in total. The average Bonchev–Trinajstić information content (AvgIpc) is 2.41. The van der Waals surface area contributed by atoms with Crippen molar-refractivity contribution in [1.29, 1.82) is 0 Å². The van der Waals surface area contributed by atoms with Crippen LogP contribution >= 0.6 is 0 Å². The molecule has 1 aromatic heterocycles. The number of anilines is 1. The van der Waals surface area contributed by atoms with Crippen LogP contribution in [-0.2, 0) is 0 Å². The van der Waals surface area contributed by atoms with E-state index in [9.17, 15) is 0 Å². The van der Waals surface area contributed by atoms with Crippen molar-refractivity contribution in [2.45, 2.75) is 39.7 Å². The monoisotopic (exact) mass is 252 g/mol. The van der Waals surface area contributed by atoms with Gasteiger partial charge in [0.05, 0.1) is 0 Å². The first-order valence-corrected chi connectivity index (χ1v) is 6.69. The van der Waals surface area contributed by atoms with Crippen LogP contribution in [0.3, 0.4) is 0 Å². The van der Waals surface area contributed by atoms with Gasteiger partial charge in [-0.05, 0) is 32.9 Å². The highest BCUT2D eigenvalue weighted by atomic mass is 16.5. The summed E-state index contributed by atoms with van der Waals surface area (Å²) >= 11 is 0. The van der Waals surface area contributed by atoms with Gasteiger partial charge in [0.2, 0.25) is 11.8 Å². The molecule has 0 aliphatic carbocycles. The van der Waals surface area contributed by atoms with Crippen LogP contribution in [0.5, 0.6) is 5.88 Å². The highest BCUT2D eigenvalue weighted by Gasteiger charge is 2.15. The van der Waals surface area contributed by atoms with Crippen LogP contribution in [-0.4, -0.2) is 36.2 Å². The van der Waals surface area contributed by atoms with Gasteiger partial charge in [-0.15, -0.1) is 0 Å².